The Balaban J connectivity index is 2.20. The van der Waals surface area contributed by atoms with E-state index in [1.807, 2.05) is 18.2 Å². The van der Waals surface area contributed by atoms with Crippen molar-refractivity contribution in [2.75, 3.05) is 6.54 Å². The van der Waals surface area contributed by atoms with Crippen molar-refractivity contribution in [3.05, 3.63) is 33.8 Å². The first kappa shape index (κ1) is 13.2. The number of hydrogen-bond acceptors (Lipinski definition) is 1. The summed E-state index contributed by atoms with van der Waals surface area (Å²) in [4.78, 5) is 0. The van der Waals surface area contributed by atoms with Crippen molar-refractivity contribution in [1.82, 2.24) is 5.32 Å². The highest BCUT2D eigenvalue weighted by atomic mass is 35.5. The van der Waals surface area contributed by atoms with Crippen molar-refractivity contribution >= 4 is 23.2 Å². The molecule has 1 aliphatic rings. The van der Waals surface area contributed by atoms with Gasteiger partial charge in [0, 0.05) is 16.1 Å². The Morgan fingerprint density at radius 1 is 1.35 bits per heavy atom. The second-order valence-corrected chi connectivity index (χ2v) is 5.63. The molecule has 1 nitrogen and oxygen atoms in total. The Kier molecular flexibility index (Phi) is 4.72. The molecule has 0 radical (unpaired) electrons. The molecule has 0 saturated heterocycles. The molecule has 94 valence electrons. The third kappa shape index (κ3) is 3.15. The molecule has 1 fully saturated rings. The number of benzene rings is 1. The van der Waals surface area contributed by atoms with Crippen LogP contribution in [0.15, 0.2) is 18.2 Å². The molecule has 3 heteroatoms. The molecular formula is C14H19Cl2N. The van der Waals surface area contributed by atoms with E-state index >= 15 is 0 Å². The lowest BCUT2D eigenvalue weighted by atomic mass is 9.77. The average molecular weight is 272 g/mol. The lowest BCUT2D eigenvalue weighted by molar-refractivity contribution is 0.231. The van der Waals surface area contributed by atoms with Crippen LogP contribution in [0.4, 0.5) is 0 Å². The van der Waals surface area contributed by atoms with Crippen LogP contribution < -0.4 is 5.32 Å². The van der Waals surface area contributed by atoms with Gasteiger partial charge in [0.05, 0.1) is 0 Å². The van der Waals surface area contributed by atoms with E-state index in [0.717, 1.165) is 34.5 Å². The molecule has 1 aromatic rings. The molecule has 1 atom stereocenters. The van der Waals surface area contributed by atoms with Crippen molar-refractivity contribution < 1.29 is 0 Å². The van der Waals surface area contributed by atoms with E-state index in [0.29, 0.717) is 6.04 Å². The lowest BCUT2D eigenvalue weighted by Crippen LogP contribution is -2.32. The van der Waals surface area contributed by atoms with Gasteiger partial charge in [-0.3, -0.25) is 0 Å². The zero-order chi connectivity index (χ0) is 12.3. The average Bonchev–Trinajstić information content (AvgIpc) is 2.25. The van der Waals surface area contributed by atoms with E-state index in [1.54, 1.807) is 0 Å². The van der Waals surface area contributed by atoms with Crippen LogP contribution in [0.2, 0.25) is 10.0 Å². The van der Waals surface area contributed by atoms with E-state index in [-0.39, 0.29) is 0 Å². The summed E-state index contributed by atoms with van der Waals surface area (Å²) in [6.07, 6.45) is 5.07. The maximum absolute atomic E-state index is 6.30. The van der Waals surface area contributed by atoms with Crippen molar-refractivity contribution in [3.8, 4) is 0 Å². The van der Waals surface area contributed by atoms with Gasteiger partial charge in [0.15, 0.2) is 0 Å². The minimum absolute atomic E-state index is 0.370. The summed E-state index contributed by atoms with van der Waals surface area (Å²) in [5.41, 5.74) is 1.16. The summed E-state index contributed by atoms with van der Waals surface area (Å²) in [6, 6.07) is 6.13. The Morgan fingerprint density at radius 3 is 2.71 bits per heavy atom. The predicted molar refractivity (Wildman–Crippen MR) is 74.8 cm³/mol. The zero-order valence-electron chi connectivity index (χ0n) is 10.2. The molecule has 1 saturated carbocycles. The zero-order valence-corrected chi connectivity index (χ0v) is 11.7. The molecule has 0 heterocycles. The highest BCUT2D eigenvalue weighted by Crippen LogP contribution is 2.40. The van der Waals surface area contributed by atoms with Gasteiger partial charge in [-0.15, -0.1) is 0 Å². The monoisotopic (exact) mass is 271 g/mol. The van der Waals surface area contributed by atoms with Gasteiger partial charge in [0.1, 0.15) is 0 Å². The molecule has 1 unspecified atom stereocenters. The summed E-state index contributed by atoms with van der Waals surface area (Å²) in [5, 5.41) is 5.21. The lowest BCUT2D eigenvalue weighted by Gasteiger charge is -2.35. The normalized spacial score (nSPS) is 17.8. The molecule has 2 rings (SSSR count). The van der Waals surface area contributed by atoms with Gasteiger partial charge in [0.25, 0.3) is 0 Å². The first-order valence-corrected chi connectivity index (χ1v) is 7.16. The van der Waals surface area contributed by atoms with Gasteiger partial charge < -0.3 is 5.32 Å². The van der Waals surface area contributed by atoms with Gasteiger partial charge in [-0.2, -0.15) is 0 Å². The first-order chi connectivity index (χ1) is 8.22. The van der Waals surface area contributed by atoms with Crippen LogP contribution >= 0.6 is 23.2 Å². The van der Waals surface area contributed by atoms with Gasteiger partial charge in [-0.05, 0) is 55.5 Å². The molecule has 0 aliphatic heterocycles. The molecule has 0 spiro atoms. The topological polar surface area (TPSA) is 12.0 Å². The van der Waals surface area contributed by atoms with Crippen LogP contribution in [0.1, 0.15) is 44.2 Å². The van der Waals surface area contributed by atoms with Crippen molar-refractivity contribution in [2.24, 2.45) is 5.92 Å². The maximum Gasteiger partial charge on any atom is 0.0454 e. The van der Waals surface area contributed by atoms with Crippen molar-refractivity contribution in [3.63, 3.8) is 0 Å². The molecule has 1 aliphatic carbocycles. The number of halogens is 2. The summed E-state index contributed by atoms with van der Waals surface area (Å²) < 4.78 is 0. The fourth-order valence-electron chi connectivity index (χ4n) is 2.36. The molecule has 17 heavy (non-hydrogen) atoms. The highest BCUT2D eigenvalue weighted by Gasteiger charge is 2.29. The van der Waals surface area contributed by atoms with E-state index < -0.39 is 0 Å². The summed E-state index contributed by atoms with van der Waals surface area (Å²) in [6.45, 7) is 3.22. The summed E-state index contributed by atoms with van der Waals surface area (Å²) in [5.74, 6) is 0.720. The van der Waals surface area contributed by atoms with Crippen molar-refractivity contribution in [2.45, 2.75) is 38.6 Å². The van der Waals surface area contributed by atoms with Crippen LogP contribution in [0.3, 0.4) is 0 Å². The minimum atomic E-state index is 0.370. The van der Waals surface area contributed by atoms with Crippen LogP contribution in [-0.4, -0.2) is 6.54 Å². The van der Waals surface area contributed by atoms with E-state index in [4.69, 9.17) is 23.2 Å². The third-order valence-corrected chi connectivity index (χ3v) is 4.11. The standard InChI is InChI=1S/C14H19Cl2N/c1-2-8-17-14(10-4-3-5-10)12-9-11(15)6-7-13(12)16/h6-7,9-10,14,17H,2-5,8H2,1H3. The number of hydrogen-bond donors (Lipinski definition) is 1. The quantitative estimate of drug-likeness (QED) is 0.809. The Hall–Kier alpha value is -0.240. The summed E-state index contributed by atoms with van der Waals surface area (Å²) >= 11 is 12.4. The molecule has 0 amide bonds. The maximum atomic E-state index is 6.30. The minimum Gasteiger partial charge on any atom is -0.310 e. The fraction of sp³-hybridized carbons (Fsp3) is 0.571. The molecule has 1 N–H and O–H groups in total. The highest BCUT2D eigenvalue weighted by molar-refractivity contribution is 6.33. The fourth-order valence-corrected chi connectivity index (χ4v) is 2.77. The van der Waals surface area contributed by atoms with Gasteiger partial charge in [0.2, 0.25) is 0 Å². The van der Waals surface area contributed by atoms with Crippen molar-refractivity contribution in [1.29, 1.82) is 0 Å². The second-order valence-electron chi connectivity index (χ2n) is 4.79. The molecule has 1 aromatic carbocycles. The predicted octanol–water partition coefficient (Wildman–Crippen LogP) is 4.83. The first-order valence-electron chi connectivity index (χ1n) is 6.40. The van der Waals surface area contributed by atoms with E-state index in [1.165, 1.54) is 19.3 Å². The smallest absolute Gasteiger partial charge is 0.0454 e. The van der Waals surface area contributed by atoms with Gasteiger partial charge >= 0.3 is 0 Å². The number of rotatable bonds is 5. The molecular weight excluding hydrogens is 253 g/mol. The second kappa shape index (κ2) is 6.08. The van der Waals surface area contributed by atoms with E-state index in [9.17, 15) is 0 Å². The largest absolute Gasteiger partial charge is 0.310 e. The Labute approximate surface area is 114 Å². The third-order valence-electron chi connectivity index (χ3n) is 3.53. The van der Waals surface area contributed by atoms with Crippen LogP contribution in [0.25, 0.3) is 0 Å². The Morgan fingerprint density at radius 2 is 2.12 bits per heavy atom. The number of nitrogens with one attached hydrogen (secondary N) is 1. The Bertz CT molecular complexity index is 374. The van der Waals surface area contributed by atoms with Crippen LogP contribution in [0.5, 0.6) is 0 Å². The molecule has 0 bridgehead atoms. The SMILES string of the molecule is CCCNC(c1cc(Cl)ccc1Cl)C1CCC1. The molecule has 0 aromatic heterocycles. The van der Waals surface area contributed by atoms with E-state index in [2.05, 4.69) is 12.2 Å². The van der Waals surface area contributed by atoms with Gasteiger partial charge in [-0.25, -0.2) is 0 Å². The van der Waals surface area contributed by atoms with Crippen LogP contribution in [0, 0.1) is 5.92 Å². The summed E-state index contributed by atoms with van der Waals surface area (Å²) in [7, 11) is 0. The van der Waals surface area contributed by atoms with Gasteiger partial charge in [-0.1, -0.05) is 36.5 Å². The van der Waals surface area contributed by atoms with Crippen LogP contribution in [-0.2, 0) is 0 Å².